The number of anilines is 2. The van der Waals surface area contributed by atoms with Crippen LogP contribution in [0, 0.1) is 23.7 Å². The van der Waals surface area contributed by atoms with Crippen molar-refractivity contribution in [3.8, 4) is 11.5 Å². The number of carbonyl (C=O) groups excluding carboxylic acids is 5. The largest absolute Gasteiger partial charge is 0.503 e. The van der Waals surface area contributed by atoms with Gasteiger partial charge in [-0.05, 0) is 91.4 Å². The van der Waals surface area contributed by atoms with E-state index in [1.807, 2.05) is 36.4 Å². The molecule has 2 saturated heterocycles. The van der Waals surface area contributed by atoms with Crippen molar-refractivity contribution in [2.24, 2.45) is 23.7 Å². The smallest absolute Gasteiger partial charge is 0.246 e. The molecular formula is C41H32Cl2N2O7. The molecule has 2 aliphatic heterocycles. The molecule has 1 N–H and O–H groups in total. The lowest BCUT2D eigenvalue weighted by atomic mass is 9.49. The van der Waals surface area contributed by atoms with Crippen LogP contribution < -0.4 is 14.5 Å². The molecular weight excluding hydrogens is 703 g/mol. The number of ether oxygens (including phenoxy) is 1. The molecule has 0 radical (unpaired) electrons. The topological polar surface area (TPSA) is 121 Å². The van der Waals surface area contributed by atoms with Gasteiger partial charge in [0.25, 0.3) is 0 Å². The highest BCUT2D eigenvalue weighted by Gasteiger charge is 2.70. The number of ketones is 1. The summed E-state index contributed by atoms with van der Waals surface area (Å²) < 4.78 is 5.52. The van der Waals surface area contributed by atoms with Crippen LogP contribution in [-0.2, 0) is 24.6 Å². The van der Waals surface area contributed by atoms with Gasteiger partial charge in [-0.25, -0.2) is 4.90 Å². The molecule has 0 unspecified atom stereocenters. The molecule has 4 amide bonds. The summed E-state index contributed by atoms with van der Waals surface area (Å²) in [6.07, 6.45) is 2.27. The lowest BCUT2D eigenvalue weighted by Gasteiger charge is -2.50. The Morgan fingerprint density at radius 2 is 1.56 bits per heavy atom. The number of phenolic OH excluding ortho intramolecular Hbond substituents is 1. The number of amides is 4. The quantitative estimate of drug-likeness (QED) is 0.126. The van der Waals surface area contributed by atoms with Crippen molar-refractivity contribution < 1.29 is 33.8 Å². The third kappa shape index (κ3) is 4.79. The number of hydrogen-bond donors (Lipinski definition) is 1. The highest BCUT2D eigenvalue weighted by molar-refractivity contribution is 6.33. The summed E-state index contributed by atoms with van der Waals surface area (Å²) in [6.45, 7) is 1.44. The molecule has 4 aromatic rings. The van der Waals surface area contributed by atoms with Crippen molar-refractivity contribution >= 4 is 64.0 Å². The van der Waals surface area contributed by atoms with Gasteiger partial charge in [0, 0.05) is 16.5 Å². The molecule has 3 fully saturated rings. The van der Waals surface area contributed by atoms with Gasteiger partial charge in [-0.2, -0.15) is 0 Å². The zero-order valence-corrected chi connectivity index (χ0v) is 29.6. The molecule has 2 aliphatic carbocycles. The van der Waals surface area contributed by atoms with Crippen LogP contribution >= 0.6 is 23.2 Å². The Morgan fingerprint density at radius 3 is 2.23 bits per heavy atom. The maximum atomic E-state index is 15.4. The number of nitrogens with zero attached hydrogens (tertiary/aromatic N) is 2. The molecule has 4 aliphatic rings. The first kappa shape index (κ1) is 33.9. The first-order valence-corrected chi connectivity index (χ1v) is 17.7. The number of hydrogen-bond acceptors (Lipinski definition) is 7. The summed E-state index contributed by atoms with van der Waals surface area (Å²) in [6, 6.07) is 25.2. The molecule has 0 aromatic heterocycles. The number of fused-ring (bicyclic) bond motifs is 4. The van der Waals surface area contributed by atoms with Gasteiger partial charge in [0.1, 0.15) is 0 Å². The van der Waals surface area contributed by atoms with Gasteiger partial charge in [-0.3, -0.25) is 28.9 Å². The first-order chi connectivity index (χ1) is 25.0. The van der Waals surface area contributed by atoms with Crippen molar-refractivity contribution in [2.45, 2.75) is 31.1 Å². The number of rotatable bonds is 6. The normalized spacial score (nSPS) is 26.5. The van der Waals surface area contributed by atoms with Gasteiger partial charge in [-0.1, -0.05) is 71.2 Å². The molecule has 9 nitrogen and oxygen atoms in total. The molecule has 0 spiro atoms. The molecule has 4 aromatic carbocycles. The Labute approximate surface area is 309 Å². The average Bonchev–Trinajstić information content (AvgIpc) is 3.53. The van der Waals surface area contributed by atoms with Gasteiger partial charge in [-0.15, -0.1) is 0 Å². The number of Topliss-reactive ketones (excluding diaryl/α,β-unsaturated/α-hetero) is 1. The summed E-state index contributed by atoms with van der Waals surface area (Å²) >= 11 is 13.0. The van der Waals surface area contributed by atoms with E-state index >= 15 is 4.79 Å². The van der Waals surface area contributed by atoms with Crippen molar-refractivity contribution in [1.29, 1.82) is 0 Å². The zero-order chi connectivity index (χ0) is 36.6. The second-order valence-corrected chi connectivity index (χ2v) is 14.6. The highest BCUT2D eigenvalue weighted by atomic mass is 35.5. The third-order valence-electron chi connectivity index (χ3n) is 11.3. The maximum absolute atomic E-state index is 15.4. The van der Waals surface area contributed by atoms with Gasteiger partial charge >= 0.3 is 0 Å². The van der Waals surface area contributed by atoms with E-state index < -0.39 is 52.7 Å². The highest BCUT2D eigenvalue weighted by Crippen LogP contribution is 2.65. The van der Waals surface area contributed by atoms with Gasteiger partial charge < -0.3 is 9.84 Å². The van der Waals surface area contributed by atoms with E-state index in [1.54, 1.807) is 60.7 Å². The summed E-state index contributed by atoms with van der Waals surface area (Å²) in [4.78, 5) is 73.2. The van der Waals surface area contributed by atoms with Gasteiger partial charge in [0.05, 0.1) is 46.7 Å². The van der Waals surface area contributed by atoms with E-state index in [9.17, 15) is 24.3 Å². The molecule has 11 heteroatoms. The van der Waals surface area contributed by atoms with E-state index in [-0.39, 0.29) is 41.1 Å². The van der Waals surface area contributed by atoms with E-state index in [0.29, 0.717) is 33.1 Å². The molecule has 1 saturated carbocycles. The van der Waals surface area contributed by atoms with Gasteiger partial charge in [0.15, 0.2) is 17.3 Å². The van der Waals surface area contributed by atoms with E-state index in [1.165, 1.54) is 23.8 Å². The SMILES string of the molecule is COc1cc([C@H]2C3=CC[C@@H]4C(=O)N(c5ccc(C(C)=O)cc5)C(=O)[C@@H]4[C@@H]3C[C@H]3C(=O)N(c4cccc(Cl)c4)C(=O)[C@@]23c2ccccc2)cc(Cl)c1O. The Kier molecular flexibility index (Phi) is 8.12. The fourth-order valence-corrected chi connectivity index (χ4v) is 9.54. The van der Waals surface area contributed by atoms with Crippen LogP contribution in [-0.4, -0.2) is 41.6 Å². The Hall–Kier alpha value is -5.25. The van der Waals surface area contributed by atoms with Gasteiger partial charge in [0.2, 0.25) is 23.6 Å². The Bertz CT molecular complexity index is 2240. The molecule has 262 valence electrons. The van der Waals surface area contributed by atoms with Crippen LogP contribution in [0.5, 0.6) is 11.5 Å². The minimum absolute atomic E-state index is 0.0127. The second-order valence-electron chi connectivity index (χ2n) is 13.8. The lowest BCUT2D eigenvalue weighted by Crippen LogP contribution is -2.53. The van der Waals surface area contributed by atoms with Crippen LogP contribution in [0.25, 0.3) is 0 Å². The van der Waals surface area contributed by atoms with Crippen molar-refractivity contribution in [3.05, 3.63) is 129 Å². The minimum atomic E-state index is -1.52. The van der Waals surface area contributed by atoms with Crippen molar-refractivity contribution in [1.82, 2.24) is 0 Å². The number of carbonyl (C=O) groups is 5. The second kappa shape index (κ2) is 12.5. The summed E-state index contributed by atoms with van der Waals surface area (Å²) in [5, 5.41) is 11.1. The Morgan fingerprint density at radius 1 is 0.827 bits per heavy atom. The fourth-order valence-electron chi connectivity index (χ4n) is 9.13. The Balaban J connectivity index is 1.35. The third-order valence-corrected chi connectivity index (χ3v) is 11.8. The average molecular weight is 736 g/mol. The fraction of sp³-hybridized carbons (Fsp3) is 0.244. The molecule has 0 bridgehead atoms. The number of imide groups is 2. The van der Waals surface area contributed by atoms with Crippen molar-refractivity contribution in [3.63, 3.8) is 0 Å². The van der Waals surface area contributed by atoms with Crippen LogP contribution in [0.4, 0.5) is 11.4 Å². The first-order valence-electron chi connectivity index (χ1n) is 16.9. The number of phenols is 1. The number of methoxy groups -OCH3 is 1. The number of aromatic hydroxyl groups is 1. The van der Waals surface area contributed by atoms with Crippen LogP contribution in [0.1, 0.15) is 47.2 Å². The predicted octanol–water partition coefficient (Wildman–Crippen LogP) is 7.28. The monoisotopic (exact) mass is 734 g/mol. The van der Waals surface area contributed by atoms with E-state index in [0.717, 1.165) is 5.57 Å². The summed E-state index contributed by atoms with van der Waals surface area (Å²) in [5.41, 5.74) is 1.44. The molecule has 2 heterocycles. The van der Waals surface area contributed by atoms with E-state index in [4.69, 9.17) is 27.9 Å². The number of benzene rings is 4. The van der Waals surface area contributed by atoms with Crippen LogP contribution in [0.2, 0.25) is 10.0 Å². The molecule has 52 heavy (non-hydrogen) atoms. The van der Waals surface area contributed by atoms with Crippen LogP contribution in [0.3, 0.4) is 0 Å². The predicted molar refractivity (Wildman–Crippen MR) is 195 cm³/mol. The standard InChI is InChI=1S/C41H32Cl2N2O7/c1-21(46)22-11-13-26(14-12-22)44-37(48)29-16-15-28-30(34(29)39(44)50)20-31-38(49)45(27-10-6-9-25(42)19-27)40(51)41(31,24-7-4-3-5-8-24)35(28)23-17-32(43)36(47)33(18-23)52-2/h3-15,17-19,29-31,34-35,47H,16,20H2,1-2H3/t29-,30+,31-,34-,35-,41+/m0/s1. The van der Waals surface area contributed by atoms with Crippen LogP contribution in [0.15, 0.2) is 103 Å². The van der Waals surface area contributed by atoms with E-state index in [2.05, 4.69) is 0 Å². The zero-order valence-electron chi connectivity index (χ0n) is 28.1. The number of halogens is 2. The van der Waals surface area contributed by atoms with Crippen molar-refractivity contribution in [2.75, 3.05) is 16.9 Å². The summed E-state index contributed by atoms with van der Waals surface area (Å²) in [5.74, 6) is -6.00. The molecule has 8 rings (SSSR count). The summed E-state index contributed by atoms with van der Waals surface area (Å²) in [7, 11) is 1.39. The maximum Gasteiger partial charge on any atom is 0.246 e. The number of allylic oxidation sites excluding steroid dienone is 2. The lowest BCUT2D eigenvalue weighted by molar-refractivity contribution is -0.127. The minimum Gasteiger partial charge on any atom is -0.503 e. The molecule has 6 atom stereocenters.